The van der Waals surface area contributed by atoms with Gasteiger partial charge < -0.3 is 9.47 Å². The Morgan fingerprint density at radius 1 is 1.08 bits per heavy atom. The lowest BCUT2D eigenvalue weighted by molar-refractivity contribution is 0.0703. The van der Waals surface area contributed by atoms with Gasteiger partial charge in [0.1, 0.15) is 5.82 Å². The topological polar surface area (TPSA) is 51.0 Å². The molecule has 0 N–H and O–H groups in total. The maximum absolute atomic E-state index is 12.8. The maximum Gasteiger partial charge on any atom is 0.253 e. The summed E-state index contributed by atoms with van der Waals surface area (Å²) in [7, 11) is 0. The summed E-state index contributed by atoms with van der Waals surface area (Å²) in [4.78, 5) is 23.3. The van der Waals surface area contributed by atoms with Crippen LogP contribution >= 0.6 is 0 Å². The number of nitrogens with zero attached hydrogens (tertiary/aromatic N) is 4. The number of carbonyl (C=O) groups excluding carboxylic acids is 1. The summed E-state index contributed by atoms with van der Waals surface area (Å²) < 4.78 is 2.21. The fraction of sp³-hybridized carbons (Fsp3) is 0.286. The second-order valence-electron chi connectivity index (χ2n) is 6.73. The number of piperidine rings is 1. The van der Waals surface area contributed by atoms with E-state index in [2.05, 4.69) is 38.8 Å². The zero-order valence-corrected chi connectivity index (χ0v) is 14.7. The largest absolute Gasteiger partial charge is 0.338 e. The number of benzene rings is 1. The molecule has 1 aliphatic heterocycles. The molecule has 2 aromatic heterocycles. The molecule has 0 saturated carbocycles. The first-order valence-corrected chi connectivity index (χ1v) is 9.05. The van der Waals surface area contributed by atoms with Crippen molar-refractivity contribution < 1.29 is 4.79 Å². The van der Waals surface area contributed by atoms with E-state index >= 15 is 0 Å². The fourth-order valence-corrected chi connectivity index (χ4v) is 3.64. The minimum absolute atomic E-state index is 0.0817. The molecule has 1 unspecified atom stereocenters. The lowest BCUT2D eigenvalue weighted by atomic mass is 9.96. The minimum atomic E-state index is 0.0817. The molecule has 3 aromatic rings. The Hall–Kier alpha value is -2.95. The summed E-state index contributed by atoms with van der Waals surface area (Å²) in [5, 5.41) is 0. The van der Waals surface area contributed by atoms with Crippen molar-refractivity contribution in [2.24, 2.45) is 0 Å². The molecular weight excluding hydrogens is 324 g/mol. The minimum Gasteiger partial charge on any atom is -0.338 e. The molecule has 1 fully saturated rings. The molecule has 1 amide bonds. The number of pyridine rings is 1. The summed E-state index contributed by atoms with van der Waals surface area (Å²) in [6.45, 7) is 2.33. The van der Waals surface area contributed by atoms with Gasteiger partial charge in [-0.25, -0.2) is 4.98 Å². The summed E-state index contributed by atoms with van der Waals surface area (Å²) in [6, 6.07) is 14.0. The van der Waals surface area contributed by atoms with E-state index in [1.807, 2.05) is 23.4 Å². The molecule has 1 saturated heterocycles. The molecule has 0 spiro atoms. The van der Waals surface area contributed by atoms with Gasteiger partial charge in [0, 0.05) is 55.9 Å². The van der Waals surface area contributed by atoms with E-state index in [0.717, 1.165) is 31.8 Å². The molecule has 3 heterocycles. The Morgan fingerprint density at radius 3 is 2.69 bits per heavy atom. The first kappa shape index (κ1) is 16.5. The van der Waals surface area contributed by atoms with E-state index in [0.29, 0.717) is 12.1 Å². The summed E-state index contributed by atoms with van der Waals surface area (Å²) in [5.41, 5.74) is 1.96. The highest BCUT2D eigenvalue weighted by Crippen LogP contribution is 2.27. The summed E-state index contributed by atoms with van der Waals surface area (Å²) >= 11 is 0. The van der Waals surface area contributed by atoms with Crippen molar-refractivity contribution in [2.45, 2.75) is 25.3 Å². The third kappa shape index (κ3) is 3.52. The number of hydrogen-bond donors (Lipinski definition) is 0. The highest BCUT2D eigenvalue weighted by molar-refractivity contribution is 5.94. The van der Waals surface area contributed by atoms with Gasteiger partial charge in [-0.3, -0.25) is 9.78 Å². The highest BCUT2D eigenvalue weighted by atomic mass is 16.2. The number of amides is 1. The number of rotatable bonds is 4. The molecule has 1 aliphatic rings. The Balaban J connectivity index is 1.50. The molecule has 0 aliphatic carbocycles. The monoisotopic (exact) mass is 346 g/mol. The molecule has 132 valence electrons. The SMILES string of the molecule is O=C(c1ccncc1)N1CCCC(c2nccn2Cc2ccccc2)C1. The first-order valence-electron chi connectivity index (χ1n) is 9.05. The molecule has 5 heteroatoms. The van der Waals surface area contributed by atoms with Crippen LogP contribution in [0.2, 0.25) is 0 Å². The number of imidazole rings is 1. The molecule has 4 rings (SSSR count). The highest BCUT2D eigenvalue weighted by Gasteiger charge is 2.28. The van der Waals surface area contributed by atoms with Crippen LogP contribution in [-0.2, 0) is 6.54 Å². The van der Waals surface area contributed by atoms with Crippen molar-refractivity contribution in [3.8, 4) is 0 Å². The zero-order valence-electron chi connectivity index (χ0n) is 14.7. The normalized spacial score (nSPS) is 17.2. The van der Waals surface area contributed by atoms with Gasteiger partial charge >= 0.3 is 0 Å². The van der Waals surface area contributed by atoms with Gasteiger partial charge in [-0.1, -0.05) is 30.3 Å². The van der Waals surface area contributed by atoms with E-state index in [4.69, 9.17) is 0 Å². The fourth-order valence-electron chi connectivity index (χ4n) is 3.64. The lowest BCUT2D eigenvalue weighted by Crippen LogP contribution is -2.39. The van der Waals surface area contributed by atoms with Crippen molar-refractivity contribution >= 4 is 5.91 Å². The van der Waals surface area contributed by atoms with E-state index in [1.54, 1.807) is 24.5 Å². The Bertz CT molecular complexity index is 860. The predicted octanol–water partition coefficient (Wildman–Crippen LogP) is 3.35. The smallest absolute Gasteiger partial charge is 0.253 e. The first-order chi connectivity index (χ1) is 12.8. The quantitative estimate of drug-likeness (QED) is 0.728. The van der Waals surface area contributed by atoms with Crippen LogP contribution in [-0.4, -0.2) is 38.4 Å². The third-order valence-electron chi connectivity index (χ3n) is 4.94. The summed E-state index contributed by atoms with van der Waals surface area (Å²) in [5.74, 6) is 1.42. The molecule has 1 atom stereocenters. The average Bonchev–Trinajstić information content (AvgIpc) is 3.17. The van der Waals surface area contributed by atoms with Crippen molar-refractivity contribution in [3.05, 3.63) is 84.2 Å². The van der Waals surface area contributed by atoms with Crippen LogP contribution in [0, 0.1) is 0 Å². The number of likely N-dealkylation sites (tertiary alicyclic amines) is 1. The van der Waals surface area contributed by atoms with Gasteiger partial charge in [-0.2, -0.15) is 0 Å². The third-order valence-corrected chi connectivity index (χ3v) is 4.94. The van der Waals surface area contributed by atoms with Gasteiger partial charge in [0.2, 0.25) is 0 Å². The standard InChI is InChI=1S/C21H22N4O/c26-21(18-8-10-22-11-9-18)25-13-4-7-19(16-25)20-23-12-14-24(20)15-17-5-2-1-3-6-17/h1-3,5-6,8-12,14,19H,4,7,13,15-16H2. The van der Waals surface area contributed by atoms with Crippen LogP contribution in [0.3, 0.4) is 0 Å². The van der Waals surface area contributed by atoms with E-state index in [9.17, 15) is 4.79 Å². The van der Waals surface area contributed by atoms with Crippen LogP contribution in [0.25, 0.3) is 0 Å². The van der Waals surface area contributed by atoms with Gasteiger partial charge in [0.15, 0.2) is 0 Å². The van der Waals surface area contributed by atoms with Gasteiger partial charge in [-0.05, 0) is 30.5 Å². The van der Waals surface area contributed by atoms with Gasteiger partial charge in [-0.15, -0.1) is 0 Å². The van der Waals surface area contributed by atoms with Gasteiger partial charge in [0.25, 0.3) is 5.91 Å². The van der Waals surface area contributed by atoms with Crippen LogP contribution in [0.15, 0.2) is 67.3 Å². The average molecular weight is 346 g/mol. The van der Waals surface area contributed by atoms with Gasteiger partial charge in [0.05, 0.1) is 0 Å². The molecular formula is C21H22N4O. The van der Waals surface area contributed by atoms with E-state index in [1.165, 1.54) is 5.56 Å². The summed E-state index contributed by atoms with van der Waals surface area (Å²) in [6.07, 6.45) is 9.29. The molecule has 26 heavy (non-hydrogen) atoms. The molecule has 0 bridgehead atoms. The number of carbonyl (C=O) groups is 1. The molecule has 0 radical (unpaired) electrons. The Morgan fingerprint density at radius 2 is 1.88 bits per heavy atom. The zero-order chi connectivity index (χ0) is 17.8. The molecule has 1 aromatic carbocycles. The lowest BCUT2D eigenvalue weighted by Gasteiger charge is -2.32. The Labute approximate surface area is 153 Å². The molecule has 5 nitrogen and oxygen atoms in total. The van der Waals surface area contributed by atoms with Crippen LogP contribution in [0.4, 0.5) is 0 Å². The second-order valence-corrected chi connectivity index (χ2v) is 6.73. The second kappa shape index (κ2) is 7.52. The Kier molecular flexibility index (Phi) is 4.78. The number of aromatic nitrogens is 3. The predicted molar refractivity (Wildman–Crippen MR) is 99.9 cm³/mol. The van der Waals surface area contributed by atoms with Crippen molar-refractivity contribution in [3.63, 3.8) is 0 Å². The van der Waals surface area contributed by atoms with Crippen LogP contribution < -0.4 is 0 Å². The maximum atomic E-state index is 12.8. The van der Waals surface area contributed by atoms with Crippen molar-refractivity contribution in [1.29, 1.82) is 0 Å². The van der Waals surface area contributed by atoms with Crippen LogP contribution in [0.5, 0.6) is 0 Å². The van der Waals surface area contributed by atoms with Crippen molar-refractivity contribution in [1.82, 2.24) is 19.4 Å². The van der Waals surface area contributed by atoms with E-state index in [-0.39, 0.29) is 11.8 Å². The van der Waals surface area contributed by atoms with Crippen LogP contribution in [0.1, 0.15) is 40.5 Å². The number of hydrogen-bond acceptors (Lipinski definition) is 3. The van der Waals surface area contributed by atoms with E-state index < -0.39 is 0 Å². The van der Waals surface area contributed by atoms with Crippen molar-refractivity contribution in [2.75, 3.05) is 13.1 Å².